The van der Waals surface area contributed by atoms with Gasteiger partial charge in [-0.05, 0) is 24.7 Å². The van der Waals surface area contributed by atoms with E-state index in [1.165, 1.54) is 6.42 Å². The summed E-state index contributed by atoms with van der Waals surface area (Å²) in [6.45, 7) is 9.33. The van der Waals surface area contributed by atoms with Crippen molar-refractivity contribution in [1.82, 2.24) is 0 Å². The second kappa shape index (κ2) is 8.97. The third-order valence-electron chi connectivity index (χ3n) is 2.78. The van der Waals surface area contributed by atoms with E-state index in [4.69, 9.17) is 10.5 Å². The van der Waals surface area contributed by atoms with E-state index >= 15 is 0 Å². The van der Waals surface area contributed by atoms with Gasteiger partial charge < -0.3 is 15.6 Å². The average Bonchev–Trinajstić information content (AvgIpc) is 2.17. The Morgan fingerprint density at radius 3 is 2.31 bits per heavy atom. The molecule has 98 valence electrons. The molecule has 0 aliphatic rings. The molecule has 0 spiro atoms. The van der Waals surface area contributed by atoms with Crippen molar-refractivity contribution >= 4 is 0 Å². The molecule has 0 aliphatic carbocycles. The molecule has 0 rings (SSSR count). The summed E-state index contributed by atoms with van der Waals surface area (Å²) in [5.41, 5.74) is 6.00. The van der Waals surface area contributed by atoms with Gasteiger partial charge in [0.15, 0.2) is 0 Å². The van der Waals surface area contributed by atoms with Crippen LogP contribution in [0.4, 0.5) is 0 Å². The van der Waals surface area contributed by atoms with Crippen LogP contribution in [0.15, 0.2) is 0 Å². The van der Waals surface area contributed by atoms with Crippen molar-refractivity contribution < 1.29 is 9.84 Å². The van der Waals surface area contributed by atoms with Crippen LogP contribution in [0, 0.1) is 11.8 Å². The minimum Gasteiger partial charge on any atom is -0.394 e. The van der Waals surface area contributed by atoms with Gasteiger partial charge in [-0.25, -0.2) is 0 Å². The van der Waals surface area contributed by atoms with E-state index in [0.717, 1.165) is 12.8 Å². The van der Waals surface area contributed by atoms with Crippen LogP contribution in [-0.4, -0.2) is 30.5 Å². The Hall–Kier alpha value is -0.120. The summed E-state index contributed by atoms with van der Waals surface area (Å²) in [6.07, 6.45) is 3.03. The first-order valence-corrected chi connectivity index (χ1v) is 6.49. The third kappa shape index (κ3) is 7.20. The minimum absolute atomic E-state index is 0.0206. The third-order valence-corrected chi connectivity index (χ3v) is 2.78. The highest BCUT2D eigenvalue weighted by Gasteiger charge is 2.19. The lowest BCUT2D eigenvalue weighted by atomic mass is 10.00. The van der Waals surface area contributed by atoms with Gasteiger partial charge in [-0.15, -0.1) is 0 Å². The second-order valence-corrected chi connectivity index (χ2v) is 5.24. The average molecular weight is 231 g/mol. The minimum atomic E-state index is -0.207. The maximum atomic E-state index is 9.25. The first-order valence-electron chi connectivity index (χ1n) is 6.49. The Morgan fingerprint density at radius 1 is 1.25 bits per heavy atom. The fourth-order valence-electron chi connectivity index (χ4n) is 1.87. The Labute approximate surface area is 100 Å². The van der Waals surface area contributed by atoms with Crippen molar-refractivity contribution in [2.45, 2.75) is 59.1 Å². The van der Waals surface area contributed by atoms with Crippen molar-refractivity contribution in [1.29, 1.82) is 0 Å². The molecule has 0 aromatic carbocycles. The number of ether oxygens (including phenoxy) is 1. The molecule has 3 heteroatoms. The zero-order chi connectivity index (χ0) is 12.6. The standard InChI is InChI=1S/C13H29NO2/c1-5-6-11(4)9-16-13(8-15)12(14)7-10(2)3/h10-13,15H,5-9,14H2,1-4H3. The van der Waals surface area contributed by atoms with Gasteiger partial charge in [0.2, 0.25) is 0 Å². The molecule has 3 atom stereocenters. The molecule has 0 amide bonds. The monoisotopic (exact) mass is 231 g/mol. The highest BCUT2D eigenvalue weighted by Crippen LogP contribution is 2.12. The molecule has 0 fully saturated rings. The number of rotatable bonds is 9. The molecule has 0 bridgehead atoms. The predicted molar refractivity (Wildman–Crippen MR) is 68.3 cm³/mol. The van der Waals surface area contributed by atoms with Gasteiger partial charge in [0, 0.05) is 12.6 Å². The summed E-state index contributed by atoms with van der Waals surface area (Å²) in [5.74, 6) is 1.09. The number of aliphatic hydroxyl groups is 1. The fourth-order valence-corrected chi connectivity index (χ4v) is 1.87. The Kier molecular flexibility index (Phi) is 8.90. The van der Waals surface area contributed by atoms with E-state index in [1.54, 1.807) is 0 Å². The molecule has 0 aliphatic heterocycles. The Balaban J connectivity index is 3.89. The fraction of sp³-hybridized carbons (Fsp3) is 1.00. The highest BCUT2D eigenvalue weighted by atomic mass is 16.5. The lowest BCUT2D eigenvalue weighted by molar-refractivity contribution is -0.0204. The zero-order valence-electron chi connectivity index (χ0n) is 11.3. The SMILES string of the molecule is CCCC(C)COC(CO)C(N)CC(C)C. The topological polar surface area (TPSA) is 55.5 Å². The van der Waals surface area contributed by atoms with Crippen molar-refractivity contribution in [3.05, 3.63) is 0 Å². The Bertz CT molecular complexity index is 162. The van der Waals surface area contributed by atoms with Crippen LogP contribution in [0.3, 0.4) is 0 Å². The molecular weight excluding hydrogens is 202 g/mol. The van der Waals surface area contributed by atoms with Crippen LogP contribution in [0.2, 0.25) is 0 Å². The molecule has 0 heterocycles. The van der Waals surface area contributed by atoms with E-state index in [9.17, 15) is 5.11 Å². The molecule has 3 nitrogen and oxygen atoms in total. The van der Waals surface area contributed by atoms with Crippen LogP contribution in [-0.2, 0) is 4.74 Å². The molecule has 16 heavy (non-hydrogen) atoms. The summed E-state index contributed by atoms with van der Waals surface area (Å²) in [4.78, 5) is 0. The lowest BCUT2D eigenvalue weighted by Crippen LogP contribution is -2.41. The van der Waals surface area contributed by atoms with Gasteiger partial charge in [0.1, 0.15) is 0 Å². The first kappa shape index (κ1) is 15.9. The van der Waals surface area contributed by atoms with E-state index in [1.807, 2.05) is 0 Å². The van der Waals surface area contributed by atoms with E-state index in [-0.39, 0.29) is 18.8 Å². The van der Waals surface area contributed by atoms with Crippen LogP contribution < -0.4 is 5.73 Å². The summed E-state index contributed by atoms with van der Waals surface area (Å²) in [7, 11) is 0. The summed E-state index contributed by atoms with van der Waals surface area (Å²) >= 11 is 0. The van der Waals surface area contributed by atoms with Crippen molar-refractivity contribution in [2.24, 2.45) is 17.6 Å². The highest BCUT2D eigenvalue weighted by molar-refractivity contribution is 4.74. The zero-order valence-corrected chi connectivity index (χ0v) is 11.3. The summed E-state index contributed by atoms with van der Waals surface area (Å²) in [6, 6.07) is -0.0566. The quantitative estimate of drug-likeness (QED) is 0.639. The molecule has 0 radical (unpaired) electrons. The molecule has 0 saturated carbocycles. The molecule has 0 aromatic heterocycles. The van der Waals surface area contributed by atoms with Crippen molar-refractivity contribution in [2.75, 3.05) is 13.2 Å². The lowest BCUT2D eigenvalue weighted by Gasteiger charge is -2.25. The number of hydrogen-bond acceptors (Lipinski definition) is 3. The number of nitrogens with two attached hydrogens (primary N) is 1. The number of hydrogen-bond donors (Lipinski definition) is 2. The second-order valence-electron chi connectivity index (χ2n) is 5.24. The van der Waals surface area contributed by atoms with E-state index in [0.29, 0.717) is 18.4 Å². The molecular formula is C13H29NO2. The molecule has 0 aromatic rings. The smallest absolute Gasteiger partial charge is 0.0956 e. The maximum absolute atomic E-state index is 9.25. The molecule has 0 saturated heterocycles. The van der Waals surface area contributed by atoms with Crippen molar-refractivity contribution in [3.63, 3.8) is 0 Å². The van der Waals surface area contributed by atoms with Gasteiger partial charge in [-0.1, -0.05) is 34.1 Å². The first-order chi connectivity index (χ1) is 7.51. The van der Waals surface area contributed by atoms with Crippen LogP contribution >= 0.6 is 0 Å². The van der Waals surface area contributed by atoms with Gasteiger partial charge in [-0.2, -0.15) is 0 Å². The van der Waals surface area contributed by atoms with Gasteiger partial charge in [0.25, 0.3) is 0 Å². The maximum Gasteiger partial charge on any atom is 0.0956 e. The van der Waals surface area contributed by atoms with Crippen LogP contribution in [0.1, 0.15) is 47.0 Å². The normalized spacial score (nSPS) is 17.4. The summed E-state index contributed by atoms with van der Waals surface area (Å²) in [5, 5.41) is 9.25. The van der Waals surface area contributed by atoms with Crippen LogP contribution in [0.5, 0.6) is 0 Å². The predicted octanol–water partition coefficient (Wildman–Crippen LogP) is 2.17. The molecule has 3 N–H and O–H groups in total. The van der Waals surface area contributed by atoms with E-state index < -0.39 is 0 Å². The van der Waals surface area contributed by atoms with Gasteiger partial charge in [0.05, 0.1) is 12.7 Å². The van der Waals surface area contributed by atoms with Crippen LogP contribution in [0.25, 0.3) is 0 Å². The number of aliphatic hydroxyl groups excluding tert-OH is 1. The van der Waals surface area contributed by atoms with E-state index in [2.05, 4.69) is 27.7 Å². The molecule has 3 unspecified atom stereocenters. The Morgan fingerprint density at radius 2 is 1.88 bits per heavy atom. The largest absolute Gasteiger partial charge is 0.394 e. The van der Waals surface area contributed by atoms with Gasteiger partial charge in [-0.3, -0.25) is 0 Å². The van der Waals surface area contributed by atoms with Crippen molar-refractivity contribution in [3.8, 4) is 0 Å². The van der Waals surface area contributed by atoms with Gasteiger partial charge >= 0.3 is 0 Å². The summed E-state index contributed by atoms with van der Waals surface area (Å²) < 4.78 is 5.69.